The summed E-state index contributed by atoms with van der Waals surface area (Å²) in [6.07, 6.45) is -3.51. The molecule has 1 aromatic rings. The Morgan fingerprint density at radius 1 is 1.29 bits per heavy atom. The van der Waals surface area contributed by atoms with Crippen molar-refractivity contribution in [1.82, 2.24) is 10.2 Å². The number of hydrogen-bond acceptors (Lipinski definition) is 3. The third kappa shape index (κ3) is 5.93. The van der Waals surface area contributed by atoms with Gasteiger partial charge in [0.05, 0.1) is 13.7 Å². The van der Waals surface area contributed by atoms with E-state index < -0.39 is 12.7 Å². The van der Waals surface area contributed by atoms with Gasteiger partial charge in [0.1, 0.15) is 5.75 Å². The zero-order chi connectivity index (χ0) is 15.9. The molecule has 1 atom stereocenters. The third-order valence-electron chi connectivity index (χ3n) is 3.25. The summed E-state index contributed by atoms with van der Waals surface area (Å²) in [5, 5.41) is 3.08. The Balaban J connectivity index is 2.87. The van der Waals surface area contributed by atoms with Gasteiger partial charge in [-0.05, 0) is 26.1 Å². The maximum atomic E-state index is 12.6. The van der Waals surface area contributed by atoms with Gasteiger partial charge in [-0.1, -0.05) is 25.1 Å². The second-order valence-electron chi connectivity index (χ2n) is 4.93. The van der Waals surface area contributed by atoms with Gasteiger partial charge in [0, 0.05) is 18.2 Å². The lowest BCUT2D eigenvalue weighted by Gasteiger charge is -2.28. The SMILES string of the molecule is CCCN(CC(NC)c1ccccc1OC)CC(F)(F)F. The van der Waals surface area contributed by atoms with E-state index >= 15 is 0 Å². The molecule has 0 aliphatic rings. The van der Waals surface area contributed by atoms with Crippen LogP contribution in [-0.2, 0) is 0 Å². The van der Waals surface area contributed by atoms with Gasteiger partial charge in [0.15, 0.2) is 0 Å². The lowest BCUT2D eigenvalue weighted by Crippen LogP contribution is -2.40. The zero-order valence-corrected chi connectivity index (χ0v) is 12.7. The van der Waals surface area contributed by atoms with Crippen LogP contribution in [0.3, 0.4) is 0 Å². The minimum atomic E-state index is -4.19. The third-order valence-corrected chi connectivity index (χ3v) is 3.25. The second-order valence-corrected chi connectivity index (χ2v) is 4.93. The van der Waals surface area contributed by atoms with Gasteiger partial charge in [-0.25, -0.2) is 0 Å². The van der Waals surface area contributed by atoms with Gasteiger partial charge in [-0.15, -0.1) is 0 Å². The van der Waals surface area contributed by atoms with Gasteiger partial charge < -0.3 is 10.1 Å². The summed E-state index contributed by atoms with van der Waals surface area (Å²) in [4.78, 5) is 1.42. The molecule has 1 N–H and O–H groups in total. The van der Waals surface area contributed by atoms with E-state index in [0.29, 0.717) is 18.7 Å². The molecule has 21 heavy (non-hydrogen) atoms. The molecule has 120 valence electrons. The molecule has 6 heteroatoms. The van der Waals surface area contributed by atoms with Crippen LogP contribution in [0.2, 0.25) is 0 Å². The van der Waals surface area contributed by atoms with E-state index in [-0.39, 0.29) is 12.6 Å². The van der Waals surface area contributed by atoms with Crippen LogP contribution in [0.5, 0.6) is 5.75 Å². The van der Waals surface area contributed by atoms with Gasteiger partial charge in [0.25, 0.3) is 0 Å². The summed E-state index contributed by atoms with van der Waals surface area (Å²) in [6.45, 7) is 1.67. The number of hydrogen-bond donors (Lipinski definition) is 1. The molecular formula is C15H23F3N2O. The molecular weight excluding hydrogens is 281 g/mol. The van der Waals surface area contributed by atoms with Crippen LogP contribution in [0.1, 0.15) is 24.9 Å². The summed E-state index contributed by atoms with van der Waals surface area (Å²) < 4.78 is 43.2. The Labute approximate surface area is 124 Å². The van der Waals surface area contributed by atoms with Crippen molar-refractivity contribution in [3.8, 4) is 5.75 Å². The molecule has 0 radical (unpaired) electrons. The minimum absolute atomic E-state index is 0.213. The molecule has 0 aliphatic heterocycles. The molecule has 1 rings (SSSR count). The van der Waals surface area contributed by atoms with Crippen molar-refractivity contribution in [3.05, 3.63) is 29.8 Å². The number of rotatable bonds is 8. The number of likely N-dealkylation sites (N-methyl/N-ethyl adjacent to an activating group) is 1. The van der Waals surface area contributed by atoms with Crippen molar-refractivity contribution in [3.63, 3.8) is 0 Å². The molecule has 0 bridgehead atoms. The lowest BCUT2D eigenvalue weighted by atomic mass is 10.0. The molecule has 0 amide bonds. The molecule has 0 saturated heterocycles. The van der Waals surface area contributed by atoms with E-state index in [4.69, 9.17) is 4.74 Å². The zero-order valence-electron chi connectivity index (χ0n) is 12.7. The van der Waals surface area contributed by atoms with Crippen molar-refractivity contribution in [2.75, 3.05) is 33.8 Å². The number of nitrogens with zero attached hydrogens (tertiary/aromatic N) is 1. The Morgan fingerprint density at radius 3 is 2.48 bits per heavy atom. The number of ether oxygens (including phenoxy) is 1. The number of methoxy groups -OCH3 is 1. The largest absolute Gasteiger partial charge is 0.496 e. The molecule has 1 unspecified atom stereocenters. The van der Waals surface area contributed by atoms with Crippen molar-refractivity contribution in [2.45, 2.75) is 25.6 Å². The highest BCUT2D eigenvalue weighted by molar-refractivity contribution is 5.36. The predicted molar refractivity (Wildman–Crippen MR) is 77.6 cm³/mol. The average Bonchev–Trinajstić information content (AvgIpc) is 2.43. The maximum absolute atomic E-state index is 12.6. The molecule has 0 aliphatic carbocycles. The van der Waals surface area contributed by atoms with Crippen molar-refractivity contribution in [1.29, 1.82) is 0 Å². The Hall–Kier alpha value is -1.27. The fourth-order valence-corrected chi connectivity index (χ4v) is 2.36. The molecule has 0 aromatic heterocycles. The first-order valence-electron chi connectivity index (χ1n) is 7.00. The Kier molecular flexibility index (Phi) is 6.98. The van der Waals surface area contributed by atoms with Gasteiger partial charge in [0.2, 0.25) is 0 Å². The summed E-state index contributed by atoms with van der Waals surface area (Å²) in [7, 11) is 3.31. The van der Waals surface area contributed by atoms with E-state index in [9.17, 15) is 13.2 Å². The van der Waals surface area contributed by atoms with E-state index in [2.05, 4.69) is 5.32 Å². The van der Waals surface area contributed by atoms with Gasteiger partial charge >= 0.3 is 6.18 Å². The van der Waals surface area contributed by atoms with Crippen LogP contribution in [0.25, 0.3) is 0 Å². The lowest BCUT2D eigenvalue weighted by molar-refractivity contribution is -0.146. The molecule has 0 fully saturated rings. The fraction of sp³-hybridized carbons (Fsp3) is 0.600. The van der Waals surface area contributed by atoms with Crippen LogP contribution in [0.15, 0.2) is 24.3 Å². The highest BCUT2D eigenvalue weighted by Gasteiger charge is 2.31. The van der Waals surface area contributed by atoms with Gasteiger partial charge in [-0.2, -0.15) is 13.2 Å². The first kappa shape index (κ1) is 17.8. The number of benzene rings is 1. The molecule has 0 saturated carbocycles. The topological polar surface area (TPSA) is 24.5 Å². The minimum Gasteiger partial charge on any atom is -0.496 e. The maximum Gasteiger partial charge on any atom is 0.401 e. The summed E-state index contributed by atoms with van der Waals surface area (Å²) in [5.74, 6) is 0.681. The predicted octanol–water partition coefficient (Wildman–Crippen LogP) is 3.23. The van der Waals surface area contributed by atoms with Crippen molar-refractivity contribution in [2.24, 2.45) is 0 Å². The molecule has 0 spiro atoms. The van der Waals surface area contributed by atoms with Crippen LogP contribution in [0, 0.1) is 0 Å². The first-order valence-corrected chi connectivity index (χ1v) is 7.00. The number of halogens is 3. The number of nitrogens with one attached hydrogen (secondary N) is 1. The monoisotopic (exact) mass is 304 g/mol. The van der Waals surface area contributed by atoms with Crippen LogP contribution in [-0.4, -0.2) is 44.9 Å². The van der Waals surface area contributed by atoms with Crippen LogP contribution < -0.4 is 10.1 Å². The molecule has 3 nitrogen and oxygen atoms in total. The Bertz CT molecular complexity index is 424. The number of alkyl halides is 3. The van der Waals surface area contributed by atoms with Crippen LogP contribution in [0.4, 0.5) is 13.2 Å². The summed E-state index contributed by atoms with van der Waals surface area (Å²) in [6, 6.07) is 7.17. The summed E-state index contributed by atoms with van der Waals surface area (Å²) in [5.41, 5.74) is 0.866. The van der Waals surface area contributed by atoms with Crippen molar-refractivity contribution >= 4 is 0 Å². The Morgan fingerprint density at radius 2 is 1.95 bits per heavy atom. The highest BCUT2D eigenvalue weighted by Crippen LogP contribution is 2.26. The van der Waals surface area contributed by atoms with E-state index in [0.717, 1.165) is 5.56 Å². The second kappa shape index (κ2) is 8.24. The van der Waals surface area contributed by atoms with Gasteiger partial charge in [-0.3, -0.25) is 4.90 Å². The van der Waals surface area contributed by atoms with Crippen molar-refractivity contribution < 1.29 is 17.9 Å². The quantitative estimate of drug-likeness (QED) is 0.798. The van der Waals surface area contributed by atoms with E-state index in [1.54, 1.807) is 14.2 Å². The number of para-hydroxylation sites is 1. The molecule has 1 aromatic carbocycles. The first-order chi connectivity index (χ1) is 9.91. The average molecular weight is 304 g/mol. The fourth-order valence-electron chi connectivity index (χ4n) is 2.36. The smallest absolute Gasteiger partial charge is 0.401 e. The van der Waals surface area contributed by atoms with E-state index in [1.165, 1.54) is 4.90 Å². The standard InChI is InChI=1S/C15H23F3N2O/c1-4-9-20(11-15(16,17)18)10-13(19-2)12-7-5-6-8-14(12)21-3/h5-8,13,19H,4,9-11H2,1-3H3. The summed E-state index contributed by atoms with van der Waals surface area (Å²) >= 11 is 0. The highest BCUT2D eigenvalue weighted by atomic mass is 19.4. The molecule has 0 heterocycles. The van der Waals surface area contributed by atoms with Crippen LogP contribution >= 0.6 is 0 Å². The normalized spacial score (nSPS) is 13.5. The van der Waals surface area contributed by atoms with E-state index in [1.807, 2.05) is 31.2 Å².